The zero-order chi connectivity index (χ0) is 18.9. The normalized spacial score (nSPS) is 12.5. The summed E-state index contributed by atoms with van der Waals surface area (Å²) in [5.74, 6) is 0. The summed E-state index contributed by atoms with van der Waals surface area (Å²) in [4.78, 5) is 3.22. The van der Waals surface area contributed by atoms with Crippen LogP contribution in [0.4, 0.5) is 0 Å². The van der Waals surface area contributed by atoms with Gasteiger partial charge in [-0.2, -0.15) is 0 Å². The second kappa shape index (κ2) is 7.03. The number of halogens is 1. The fraction of sp³-hybridized carbons (Fsp3) is 0.176. The summed E-state index contributed by atoms with van der Waals surface area (Å²) in [5, 5.41) is 1.57. The van der Waals surface area contributed by atoms with Crippen molar-refractivity contribution in [3.8, 4) is 0 Å². The van der Waals surface area contributed by atoms with Crippen LogP contribution in [0, 0.1) is 0 Å². The van der Waals surface area contributed by atoms with E-state index in [-0.39, 0.29) is 16.3 Å². The number of nitrogens with one attached hydrogen (secondary N) is 2. The Kier molecular flexibility index (Phi) is 5.12. The van der Waals surface area contributed by atoms with Crippen molar-refractivity contribution in [1.82, 2.24) is 9.71 Å². The first-order valence-corrected chi connectivity index (χ1v) is 11.5. The van der Waals surface area contributed by atoms with Crippen molar-refractivity contribution < 1.29 is 16.8 Å². The van der Waals surface area contributed by atoms with Crippen LogP contribution in [0.1, 0.15) is 5.56 Å². The summed E-state index contributed by atoms with van der Waals surface area (Å²) in [7, 11) is -7.08. The Morgan fingerprint density at radius 2 is 1.65 bits per heavy atom. The number of fused-ring (bicyclic) bond motifs is 1. The predicted molar refractivity (Wildman–Crippen MR) is 102 cm³/mol. The molecule has 0 unspecified atom stereocenters. The summed E-state index contributed by atoms with van der Waals surface area (Å²) in [6, 6.07) is 10.6. The molecule has 2 N–H and O–H groups in total. The molecule has 9 heteroatoms. The zero-order valence-corrected chi connectivity index (χ0v) is 16.2. The van der Waals surface area contributed by atoms with Crippen LogP contribution in [-0.4, -0.2) is 34.6 Å². The first kappa shape index (κ1) is 18.9. The van der Waals surface area contributed by atoms with Crippen LogP contribution >= 0.6 is 11.6 Å². The molecule has 6 nitrogen and oxygen atoms in total. The molecule has 0 amide bonds. The van der Waals surface area contributed by atoms with Crippen LogP contribution in [0.5, 0.6) is 0 Å². The van der Waals surface area contributed by atoms with Crippen molar-refractivity contribution in [2.24, 2.45) is 0 Å². The minimum Gasteiger partial charge on any atom is -0.361 e. The van der Waals surface area contributed by atoms with E-state index in [0.717, 1.165) is 22.7 Å². The molecular formula is C17H17ClN2O4S2. The molecule has 0 aliphatic rings. The third-order valence-electron chi connectivity index (χ3n) is 3.98. The largest absolute Gasteiger partial charge is 0.361 e. The molecule has 26 heavy (non-hydrogen) atoms. The molecule has 0 bridgehead atoms. The lowest BCUT2D eigenvalue weighted by atomic mass is 10.1. The Bertz CT molecular complexity index is 1150. The van der Waals surface area contributed by atoms with Crippen LogP contribution in [0.2, 0.25) is 5.02 Å². The Morgan fingerprint density at radius 3 is 2.31 bits per heavy atom. The number of hydrogen-bond donors (Lipinski definition) is 2. The van der Waals surface area contributed by atoms with Gasteiger partial charge in [0.2, 0.25) is 10.0 Å². The SMILES string of the molecule is CS(=O)(=O)c1ccc(S(=O)(=O)NCCc2c[nH]c3ccc(Cl)cc23)cc1. The van der Waals surface area contributed by atoms with Gasteiger partial charge in [0.25, 0.3) is 0 Å². The highest BCUT2D eigenvalue weighted by molar-refractivity contribution is 7.90. The number of benzene rings is 2. The van der Waals surface area contributed by atoms with Crippen molar-refractivity contribution >= 4 is 42.4 Å². The molecule has 0 aliphatic carbocycles. The third-order valence-corrected chi connectivity index (χ3v) is 6.82. The molecule has 0 saturated heterocycles. The van der Waals surface area contributed by atoms with Gasteiger partial charge in [-0.1, -0.05) is 11.6 Å². The van der Waals surface area contributed by atoms with Crippen molar-refractivity contribution in [3.05, 3.63) is 59.2 Å². The van der Waals surface area contributed by atoms with Crippen LogP contribution < -0.4 is 4.72 Å². The van der Waals surface area contributed by atoms with Crippen molar-refractivity contribution in [3.63, 3.8) is 0 Å². The molecule has 0 aliphatic heterocycles. The Labute approximate surface area is 157 Å². The highest BCUT2D eigenvalue weighted by atomic mass is 35.5. The van der Waals surface area contributed by atoms with Gasteiger partial charge in [0, 0.05) is 34.9 Å². The second-order valence-electron chi connectivity index (χ2n) is 5.90. The monoisotopic (exact) mass is 412 g/mol. The molecule has 3 aromatic rings. The molecule has 0 saturated carbocycles. The number of aromatic nitrogens is 1. The molecular weight excluding hydrogens is 396 g/mol. The molecule has 1 aromatic heterocycles. The third kappa shape index (κ3) is 4.09. The van der Waals surface area contributed by atoms with E-state index in [1.807, 2.05) is 18.3 Å². The summed E-state index contributed by atoms with van der Waals surface area (Å²) in [6.45, 7) is 0.204. The zero-order valence-electron chi connectivity index (χ0n) is 13.9. The number of sulfonamides is 1. The molecule has 1 heterocycles. The van der Waals surface area contributed by atoms with Gasteiger partial charge in [-0.05, 0) is 54.4 Å². The maximum absolute atomic E-state index is 12.3. The summed E-state index contributed by atoms with van der Waals surface area (Å²) < 4.78 is 50.1. The van der Waals surface area contributed by atoms with Gasteiger partial charge in [-0.15, -0.1) is 0 Å². The van der Waals surface area contributed by atoms with E-state index in [0.29, 0.717) is 11.4 Å². The Balaban J connectivity index is 1.71. The predicted octanol–water partition coefficient (Wildman–Crippen LogP) is 2.75. The smallest absolute Gasteiger partial charge is 0.240 e. The first-order valence-electron chi connectivity index (χ1n) is 7.72. The maximum atomic E-state index is 12.3. The highest BCUT2D eigenvalue weighted by Crippen LogP contribution is 2.22. The van der Waals surface area contributed by atoms with Crippen molar-refractivity contribution in [2.75, 3.05) is 12.8 Å². The van der Waals surface area contributed by atoms with Crippen LogP contribution in [0.3, 0.4) is 0 Å². The van der Waals surface area contributed by atoms with Gasteiger partial charge >= 0.3 is 0 Å². The quantitative estimate of drug-likeness (QED) is 0.650. The number of sulfone groups is 1. The topological polar surface area (TPSA) is 96.1 Å². The average molecular weight is 413 g/mol. The summed E-state index contributed by atoms with van der Waals surface area (Å²) in [6.07, 6.45) is 3.39. The summed E-state index contributed by atoms with van der Waals surface area (Å²) >= 11 is 6.01. The van der Waals surface area contributed by atoms with Gasteiger partial charge in [-0.25, -0.2) is 21.6 Å². The lowest BCUT2D eigenvalue weighted by Crippen LogP contribution is -2.26. The number of rotatable bonds is 6. The summed E-state index contributed by atoms with van der Waals surface area (Å²) in [5.41, 5.74) is 1.89. The molecule has 138 valence electrons. The standard InChI is InChI=1S/C17H17ClN2O4S2/c1-25(21,22)14-3-5-15(6-4-14)26(23,24)20-9-8-12-11-19-17-7-2-13(18)10-16(12)17/h2-7,10-11,19-20H,8-9H2,1H3. The maximum Gasteiger partial charge on any atom is 0.240 e. The van der Waals surface area contributed by atoms with E-state index in [2.05, 4.69) is 9.71 Å². The molecule has 3 rings (SSSR count). The van der Waals surface area contributed by atoms with Crippen molar-refractivity contribution in [2.45, 2.75) is 16.2 Å². The van der Waals surface area contributed by atoms with E-state index in [1.54, 1.807) is 6.07 Å². The fourth-order valence-corrected chi connectivity index (χ4v) is 4.46. The lowest BCUT2D eigenvalue weighted by Gasteiger charge is -2.07. The van der Waals surface area contributed by atoms with E-state index in [1.165, 1.54) is 24.3 Å². The minimum atomic E-state index is -3.72. The van der Waals surface area contributed by atoms with Gasteiger partial charge < -0.3 is 4.98 Å². The van der Waals surface area contributed by atoms with Crippen LogP contribution in [0.15, 0.2) is 58.5 Å². The van der Waals surface area contributed by atoms with Gasteiger partial charge in [0.05, 0.1) is 9.79 Å². The number of hydrogen-bond acceptors (Lipinski definition) is 4. The molecule has 0 fully saturated rings. The first-order chi connectivity index (χ1) is 12.2. The number of aromatic amines is 1. The van der Waals surface area contributed by atoms with E-state index >= 15 is 0 Å². The lowest BCUT2D eigenvalue weighted by molar-refractivity contribution is 0.581. The van der Waals surface area contributed by atoms with Crippen LogP contribution in [-0.2, 0) is 26.3 Å². The Morgan fingerprint density at radius 1 is 1.00 bits per heavy atom. The van der Waals surface area contributed by atoms with E-state index in [4.69, 9.17) is 11.6 Å². The van der Waals surface area contributed by atoms with E-state index < -0.39 is 19.9 Å². The van der Waals surface area contributed by atoms with Gasteiger partial charge in [0.15, 0.2) is 9.84 Å². The van der Waals surface area contributed by atoms with E-state index in [9.17, 15) is 16.8 Å². The van der Waals surface area contributed by atoms with Crippen molar-refractivity contribution in [1.29, 1.82) is 0 Å². The average Bonchev–Trinajstić information content (AvgIpc) is 2.96. The Hall–Kier alpha value is -1.87. The highest BCUT2D eigenvalue weighted by Gasteiger charge is 2.15. The van der Waals surface area contributed by atoms with Gasteiger partial charge in [-0.3, -0.25) is 0 Å². The number of H-pyrrole nitrogens is 1. The minimum absolute atomic E-state index is 0.0203. The molecule has 2 aromatic carbocycles. The molecule has 0 atom stereocenters. The second-order valence-corrected chi connectivity index (χ2v) is 10.1. The molecule has 0 spiro atoms. The fourth-order valence-electron chi connectivity index (χ4n) is 2.63. The molecule has 0 radical (unpaired) electrons. The van der Waals surface area contributed by atoms with Gasteiger partial charge in [0.1, 0.15) is 0 Å². The van der Waals surface area contributed by atoms with Crippen LogP contribution in [0.25, 0.3) is 10.9 Å².